The number of hydrogen-bond donors (Lipinski definition) is 3. The van der Waals surface area contributed by atoms with Crippen LogP contribution in [-0.4, -0.2) is 65.5 Å². The number of H-pyrrole nitrogens is 1. The van der Waals surface area contributed by atoms with E-state index in [1.807, 2.05) is 36.0 Å². The van der Waals surface area contributed by atoms with Crippen molar-refractivity contribution < 1.29 is 23.7 Å². The zero-order valence-electron chi connectivity index (χ0n) is 20.7. The number of aromatic nitrogens is 2. The quantitative estimate of drug-likeness (QED) is 0.287. The monoisotopic (exact) mass is 539 g/mol. The van der Waals surface area contributed by atoms with Gasteiger partial charge >= 0.3 is 0 Å². The standard InChI is InChI=1S/C27H25FN2O4S.CH5N.CH4/c1-2-35-18-9-7-16(8-10-18)15-3-5-17(6-4-15)25-19(28)11-20-21(30-25)12-24(29-20)34-23-14-33-26-22(31)13-32-27(23)26;1-2;/h3-12,22-23,26-27,29,31H,2,13-14H2,1H3;2H2,1H3;1H4/t22?,23?,26?,27-;;/m1../s1. The number of aliphatic hydroxyl groups excluding tert-OH is 1. The van der Waals surface area contributed by atoms with Crippen LogP contribution in [-0.2, 0) is 9.47 Å². The lowest BCUT2D eigenvalue weighted by Gasteiger charge is -2.16. The molecule has 4 aromatic rings. The average Bonchev–Trinajstić information content (AvgIpc) is 3.62. The third kappa shape index (κ3) is 5.57. The van der Waals surface area contributed by atoms with Gasteiger partial charge in [-0.2, -0.15) is 0 Å². The molecule has 0 spiro atoms. The Balaban J connectivity index is 0.00000110. The number of hydrogen-bond acceptors (Lipinski definition) is 7. The Morgan fingerprint density at radius 3 is 2.32 bits per heavy atom. The van der Waals surface area contributed by atoms with Gasteiger partial charge in [0.1, 0.15) is 24.0 Å². The number of aromatic amines is 1. The van der Waals surface area contributed by atoms with Crippen LogP contribution in [0.2, 0.25) is 0 Å². The summed E-state index contributed by atoms with van der Waals surface area (Å²) in [6, 6.07) is 19.4. The van der Waals surface area contributed by atoms with Gasteiger partial charge in [-0.3, -0.25) is 0 Å². The summed E-state index contributed by atoms with van der Waals surface area (Å²) < 4.78 is 32.2. The normalized spacial score (nSPS) is 21.9. The number of nitrogens with zero attached hydrogens (tertiary/aromatic N) is 1. The lowest BCUT2D eigenvalue weighted by molar-refractivity contribution is 0.00794. The summed E-state index contributed by atoms with van der Waals surface area (Å²) in [6.45, 7) is 2.69. The van der Waals surface area contributed by atoms with Crippen LogP contribution in [0.25, 0.3) is 33.4 Å². The van der Waals surface area contributed by atoms with Crippen molar-refractivity contribution in [1.82, 2.24) is 9.97 Å². The van der Waals surface area contributed by atoms with Crippen LogP contribution in [0.4, 0.5) is 4.39 Å². The van der Waals surface area contributed by atoms with Crippen molar-refractivity contribution in [3.05, 3.63) is 66.5 Å². The number of ether oxygens (including phenoxy) is 3. The fraction of sp³-hybridized carbons (Fsp3) is 0.345. The van der Waals surface area contributed by atoms with E-state index in [4.69, 9.17) is 14.2 Å². The summed E-state index contributed by atoms with van der Waals surface area (Å²) in [5.41, 5.74) is 8.83. The van der Waals surface area contributed by atoms with Crippen LogP contribution in [0, 0.1) is 5.82 Å². The molecule has 2 saturated heterocycles. The summed E-state index contributed by atoms with van der Waals surface area (Å²) in [4.78, 5) is 8.89. The van der Waals surface area contributed by atoms with E-state index in [0.717, 1.165) is 16.9 Å². The van der Waals surface area contributed by atoms with Crippen molar-refractivity contribution in [2.45, 2.75) is 43.7 Å². The number of aliphatic hydroxyl groups is 1. The first-order valence-electron chi connectivity index (χ1n) is 12.3. The highest BCUT2D eigenvalue weighted by molar-refractivity contribution is 7.99. The second-order valence-corrected chi connectivity index (χ2v) is 10.1. The van der Waals surface area contributed by atoms with E-state index in [9.17, 15) is 9.50 Å². The van der Waals surface area contributed by atoms with Gasteiger partial charge in [-0.15, -0.1) is 11.8 Å². The van der Waals surface area contributed by atoms with Crippen LogP contribution in [0.5, 0.6) is 5.88 Å². The van der Waals surface area contributed by atoms with Crippen molar-refractivity contribution in [2.75, 3.05) is 26.0 Å². The first-order valence-corrected chi connectivity index (χ1v) is 13.3. The van der Waals surface area contributed by atoms with Crippen LogP contribution < -0.4 is 10.5 Å². The Kier molecular flexibility index (Phi) is 9.07. The minimum absolute atomic E-state index is 0. The molecule has 9 heteroatoms. The summed E-state index contributed by atoms with van der Waals surface area (Å²) in [5, 5.41) is 9.91. The van der Waals surface area contributed by atoms with E-state index in [1.54, 1.807) is 6.07 Å². The Labute approximate surface area is 226 Å². The number of thioether (sulfide) groups is 1. The third-order valence-electron chi connectivity index (χ3n) is 6.45. The van der Waals surface area contributed by atoms with Crippen molar-refractivity contribution in [2.24, 2.45) is 5.73 Å². The molecule has 0 radical (unpaired) electrons. The minimum Gasteiger partial charge on any atom is -0.470 e. The fourth-order valence-electron chi connectivity index (χ4n) is 4.71. The smallest absolute Gasteiger partial charge is 0.193 e. The molecule has 2 aromatic carbocycles. The number of nitrogens with two attached hydrogens (primary N) is 1. The molecule has 2 fully saturated rings. The number of rotatable bonds is 6. The maximum absolute atomic E-state index is 15.0. The highest BCUT2D eigenvalue weighted by Gasteiger charge is 2.48. The molecule has 0 bridgehead atoms. The molecule has 202 valence electrons. The number of benzene rings is 2. The lowest BCUT2D eigenvalue weighted by atomic mass is 10.0. The van der Waals surface area contributed by atoms with E-state index >= 15 is 0 Å². The lowest BCUT2D eigenvalue weighted by Crippen LogP contribution is -2.34. The van der Waals surface area contributed by atoms with Crippen LogP contribution >= 0.6 is 11.8 Å². The van der Waals surface area contributed by atoms with Gasteiger partial charge in [-0.1, -0.05) is 50.7 Å². The second-order valence-electron chi connectivity index (χ2n) is 8.74. The zero-order chi connectivity index (χ0) is 25.9. The molecule has 3 unspecified atom stereocenters. The van der Waals surface area contributed by atoms with Gasteiger partial charge in [0, 0.05) is 22.6 Å². The Morgan fingerprint density at radius 2 is 1.63 bits per heavy atom. The number of pyridine rings is 1. The Morgan fingerprint density at radius 1 is 1.00 bits per heavy atom. The third-order valence-corrected chi connectivity index (χ3v) is 7.34. The molecule has 2 aliphatic heterocycles. The highest BCUT2D eigenvalue weighted by Crippen LogP contribution is 2.32. The molecular formula is C29H34FN3O4S. The number of halogens is 1. The largest absolute Gasteiger partial charge is 0.470 e. The average molecular weight is 540 g/mol. The molecule has 0 saturated carbocycles. The Hall–Kier alpha value is -2.95. The molecule has 7 nitrogen and oxygen atoms in total. The molecule has 38 heavy (non-hydrogen) atoms. The fourth-order valence-corrected chi connectivity index (χ4v) is 5.37. The molecule has 0 amide bonds. The molecule has 4 N–H and O–H groups in total. The summed E-state index contributed by atoms with van der Waals surface area (Å²) in [5.74, 6) is 1.09. The number of fused-ring (bicyclic) bond motifs is 2. The van der Waals surface area contributed by atoms with Crippen molar-refractivity contribution in [3.63, 3.8) is 0 Å². The molecule has 2 aromatic heterocycles. The van der Waals surface area contributed by atoms with E-state index in [2.05, 4.69) is 46.9 Å². The topological polar surface area (TPSA) is 103 Å². The van der Waals surface area contributed by atoms with E-state index in [0.29, 0.717) is 29.1 Å². The van der Waals surface area contributed by atoms with Gasteiger partial charge in [0.2, 0.25) is 0 Å². The maximum Gasteiger partial charge on any atom is 0.193 e. The van der Waals surface area contributed by atoms with E-state index in [-0.39, 0.29) is 38.0 Å². The van der Waals surface area contributed by atoms with Gasteiger partial charge in [0.25, 0.3) is 0 Å². The van der Waals surface area contributed by atoms with Gasteiger partial charge in [0.15, 0.2) is 17.8 Å². The van der Waals surface area contributed by atoms with Crippen molar-refractivity contribution in [3.8, 4) is 28.3 Å². The van der Waals surface area contributed by atoms with Gasteiger partial charge in [-0.05, 0) is 36.1 Å². The maximum atomic E-state index is 15.0. The summed E-state index contributed by atoms with van der Waals surface area (Å²) in [6.07, 6.45) is -1.68. The minimum atomic E-state index is -0.638. The first kappa shape index (κ1) is 28.1. The molecule has 6 rings (SSSR count). The summed E-state index contributed by atoms with van der Waals surface area (Å²) >= 11 is 1.81. The molecule has 2 aliphatic rings. The summed E-state index contributed by atoms with van der Waals surface area (Å²) in [7, 11) is 1.50. The molecular weight excluding hydrogens is 505 g/mol. The number of nitrogens with one attached hydrogen (secondary N) is 1. The van der Waals surface area contributed by atoms with Crippen molar-refractivity contribution in [1.29, 1.82) is 0 Å². The zero-order valence-corrected chi connectivity index (χ0v) is 21.5. The van der Waals surface area contributed by atoms with E-state index < -0.39 is 11.9 Å². The predicted molar refractivity (Wildman–Crippen MR) is 150 cm³/mol. The van der Waals surface area contributed by atoms with E-state index in [1.165, 1.54) is 18.0 Å². The van der Waals surface area contributed by atoms with Gasteiger partial charge in [-0.25, -0.2) is 9.37 Å². The highest BCUT2D eigenvalue weighted by atomic mass is 32.2. The van der Waals surface area contributed by atoms with Crippen LogP contribution in [0.3, 0.4) is 0 Å². The van der Waals surface area contributed by atoms with Crippen molar-refractivity contribution >= 4 is 22.8 Å². The molecule has 4 heterocycles. The van der Waals surface area contributed by atoms with Crippen LogP contribution in [0.1, 0.15) is 14.4 Å². The van der Waals surface area contributed by atoms with Gasteiger partial charge < -0.3 is 30.0 Å². The molecule has 4 atom stereocenters. The van der Waals surface area contributed by atoms with Crippen LogP contribution in [0.15, 0.2) is 65.6 Å². The predicted octanol–water partition coefficient (Wildman–Crippen LogP) is 5.26. The Bertz CT molecular complexity index is 1350. The van der Waals surface area contributed by atoms with Gasteiger partial charge in [0.05, 0.1) is 24.2 Å². The molecule has 0 aliphatic carbocycles. The second kappa shape index (κ2) is 12.3. The SMILES string of the molecule is C.CCSc1ccc(-c2ccc(-c3nc4cc(OC5COC6C(O)CO[C@H]56)[nH]c4cc3F)cc2)cc1.CN. The first-order chi connectivity index (χ1) is 18.1.